The van der Waals surface area contributed by atoms with Crippen molar-refractivity contribution in [2.45, 2.75) is 0 Å². The molecule has 0 amide bonds. The predicted molar refractivity (Wildman–Crippen MR) is 111 cm³/mol. The number of pyridine rings is 2. The maximum atomic E-state index is 4.99. The molecule has 0 spiro atoms. The van der Waals surface area contributed by atoms with Crippen LogP contribution in [0.2, 0.25) is 0 Å². The van der Waals surface area contributed by atoms with Crippen LogP contribution < -0.4 is 0 Å². The SMILES string of the molecule is c1ccc2c(-c3cccc4c3nc3ccc5cnccc5n34)cccc2c1. The van der Waals surface area contributed by atoms with Crippen molar-refractivity contribution in [1.82, 2.24) is 14.4 Å². The van der Waals surface area contributed by atoms with Crippen LogP contribution in [-0.4, -0.2) is 14.4 Å². The second-order valence-electron chi connectivity index (χ2n) is 6.77. The third-order valence-corrected chi connectivity index (χ3v) is 5.27. The number of benzene rings is 3. The lowest BCUT2D eigenvalue weighted by Crippen LogP contribution is -1.88. The molecule has 27 heavy (non-hydrogen) atoms. The Bertz CT molecular complexity index is 1470. The largest absolute Gasteiger partial charge is 0.292 e. The molecule has 0 saturated carbocycles. The lowest BCUT2D eigenvalue weighted by Gasteiger charge is -2.08. The summed E-state index contributed by atoms with van der Waals surface area (Å²) < 4.78 is 2.22. The monoisotopic (exact) mass is 345 g/mol. The molecular weight excluding hydrogens is 330 g/mol. The van der Waals surface area contributed by atoms with Crippen molar-refractivity contribution in [3.63, 3.8) is 0 Å². The number of hydrogen-bond donors (Lipinski definition) is 0. The molecule has 3 aromatic heterocycles. The number of nitrogens with zero attached hydrogens (tertiary/aromatic N) is 3. The van der Waals surface area contributed by atoms with Gasteiger partial charge in [-0.1, -0.05) is 54.6 Å². The fraction of sp³-hybridized carbons (Fsp3) is 0. The van der Waals surface area contributed by atoms with Gasteiger partial charge < -0.3 is 0 Å². The van der Waals surface area contributed by atoms with Crippen LogP contribution in [0, 0.1) is 0 Å². The predicted octanol–water partition coefficient (Wildman–Crippen LogP) is 5.86. The highest BCUT2D eigenvalue weighted by molar-refractivity contribution is 6.05. The number of fused-ring (bicyclic) bond motifs is 6. The summed E-state index contributed by atoms with van der Waals surface area (Å²) in [4.78, 5) is 9.24. The molecule has 0 aliphatic rings. The van der Waals surface area contributed by atoms with E-state index in [0.29, 0.717) is 0 Å². The topological polar surface area (TPSA) is 30.2 Å². The fourth-order valence-corrected chi connectivity index (χ4v) is 4.06. The van der Waals surface area contributed by atoms with Gasteiger partial charge in [-0.15, -0.1) is 0 Å². The first-order chi connectivity index (χ1) is 13.4. The molecule has 3 heterocycles. The van der Waals surface area contributed by atoms with Crippen molar-refractivity contribution in [2.75, 3.05) is 0 Å². The zero-order chi connectivity index (χ0) is 17.8. The first-order valence-electron chi connectivity index (χ1n) is 9.02. The van der Waals surface area contributed by atoms with E-state index in [-0.39, 0.29) is 0 Å². The van der Waals surface area contributed by atoms with Crippen molar-refractivity contribution in [2.24, 2.45) is 0 Å². The zero-order valence-electron chi connectivity index (χ0n) is 14.5. The molecule has 6 rings (SSSR count). The van der Waals surface area contributed by atoms with Crippen molar-refractivity contribution >= 4 is 38.4 Å². The molecule has 0 aliphatic carbocycles. The Kier molecular flexibility index (Phi) is 2.88. The van der Waals surface area contributed by atoms with Crippen LogP contribution in [0.3, 0.4) is 0 Å². The quantitative estimate of drug-likeness (QED) is 0.374. The Morgan fingerprint density at radius 1 is 0.630 bits per heavy atom. The van der Waals surface area contributed by atoms with Gasteiger partial charge in [-0.3, -0.25) is 9.38 Å². The van der Waals surface area contributed by atoms with Gasteiger partial charge in [0, 0.05) is 23.3 Å². The third-order valence-electron chi connectivity index (χ3n) is 5.27. The van der Waals surface area contributed by atoms with Gasteiger partial charge in [-0.25, -0.2) is 4.98 Å². The molecule has 0 atom stereocenters. The minimum absolute atomic E-state index is 0.955. The van der Waals surface area contributed by atoms with Crippen molar-refractivity contribution in [3.8, 4) is 11.1 Å². The first kappa shape index (κ1) is 14.4. The van der Waals surface area contributed by atoms with Gasteiger partial charge in [0.1, 0.15) is 5.65 Å². The maximum absolute atomic E-state index is 4.99. The highest BCUT2D eigenvalue weighted by Crippen LogP contribution is 2.34. The maximum Gasteiger partial charge on any atom is 0.138 e. The number of aromatic nitrogens is 3. The van der Waals surface area contributed by atoms with E-state index in [4.69, 9.17) is 4.98 Å². The average molecular weight is 345 g/mol. The van der Waals surface area contributed by atoms with Crippen LogP contribution in [0.25, 0.3) is 49.5 Å². The van der Waals surface area contributed by atoms with Gasteiger partial charge in [-0.05, 0) is 40.6 Å². The average Bonchev–Trinajstić information content (AvgIpc) is 3.13. The standard InChI is InChI=1S/C24H15N3/c1-2-7-18-16(5-1)6-3-8-19(18)20-9-4-10-22-24(20)26-23-12-11-17-15-25-14-13-21(17)27(22)23/h1-15H. The van der Waals surface area contributed by atoms with Gasteiger partial charge in [-0.2, -0.15) is 0 Å². The zero-order valence-corrected chi connectivity index (χ0v) is 14.5. The van der Waals surface area contributed by atoms with Gasteiger partial charge in [0.15, 0.2) is 0 Å². The Morgan fingerprint density at radius 3 is 2.48 bits per heavy atom. The molecular formula is C24H15N3. The van der Waals surface area contributed by atoms with Crippen LogP contribution >= 0.6 is 0 Å². The summed E-state index contributed by atoms with van der Waals surface area (Å²) in [5.41, 5.74) is 6.60. The van der Waals surface area contributed by atoms with Crippen molar-refractivity contribution in [3.05, 3.63) is 91.3 Å². The molecule has 6 aromatic rings. The second-order valence-corrected chi connectivity index (χ2v) is 6.77. The Balaban J connectivity index is 1.77. The van der Waals surface area contributed by atoms with Crippen LogP contribution in [0.15, 0.2) is 91.3 Å². The lowest BCUT2D eigenvalue weighted by atomic mass is 9.97. The molecule has 3 aromatic carbocycles. The molecule has 3 heteroatoms. The highest BCUT2D eigenvalue weighted by atomic mass is 15.0. The molecule has 0 saturated heterocycles. The summed E-state index contributed by atoms with van der Waals surface area (Å²) in [6, 6.07) is 27.6. The summed E-state index contributed by atoms with van der Waals surface area (Å²) >= 11 is 0. The van der Waals surface area contributed by atoms with E-state index in [0.717, 1.165) is 33.1 Å². The molecule has 0 aliphatic heterocycles. The molecule has 0 N–H and O–H groups in total. The third kappa shape index (κ3) is 2.02. The van der Waals surface area contributed by atoms with E-state index in [1.807, 2.05) is 18.5 Å². The minimum atomic E-state index is 0.955. The van der Waals surface area contributed by atoms with E-state index in [1.165, 1.54) is 16.3 Å². The number of para-hydroxylation sites is 1. The number of imidazole rings is 1. The minimum Gasteiger partial charge on any atom is -0.292 e. The van der Waals surface area contributed by atoms with Crippen molar-refractivity contribution in [1.29, 1.82) is 0 Å². The van der Waals surface area contributed by atoms with Gasteiger partial charge in [0.05, 0.1) is 16.6 Å². The summed E-state index contributed by atoms with van der Waals surface area (Å²) in [5, 5.41) is 3.60. The van der Waals surface area contributed by atoms with E-state index < -0.39 is 0 Å². The molecule has 3 nitrogen and oxygen atoms in total. The van der Waals surface area contributed by atoms with Crippen LogP contribution in [-0.2, 0) is 0 Å². The van der Waals surface area contributed by atoms with E-state index in [9.17, 15) is 0 Å². The Hall–Kier alpha value is -3.72. The van der Waals surface area contributed by atoms with Gasteiger partial charge in [0.25, 0.3) is 0 Å². The van der Waals surface area contributed by atoms with Gasteiger partial charge in [0.2, 0.25) is 0 Å². The smallest absolute Gasteiger partial charge is 0.138 e. The molecule has 0 radical (unpaired) electrons. The lowest BCUT2D eigenvalue weighted by molar-refractivity contribution is 1.27. The van der Waals surface area contributed by atoms with Crippen LogP contribution in [0.5, 0.6) is 0 Å². The normalized spacial score (nSPS) is 11.7. The highest BCUT2D eigenvalue weighted by Gasteiger charge is 2.13. The molecule has 0 unspecified atom stereocenters. The Morgan fingerprint density at radius 2 is 1.48 bits per heavy atom. The van der Waals surface area contributed by atoms with Crippen LogP contribution in [0.4, 0.5) is 0 Å². The van der Waals surface area contributed by atoms with Crippen molar-refractivity contribution < 1.29 is 0 Å². The summed E-state index contributed by atoms with van der Waals surface area (Å²) in [7, 11) is 0. The van der Waals surface area contributed by atoms with Gasteiger partial charge >= 0.3 is 0 Å². The molecule has 0 bridgehead atoms. The number of hydrogen-bond acceptors (Lipinski definition) is 2. The molecule has 0 fully saturated rings. The van der Waals surface area contributed by atoms with E-state index in [2.05, 4.69) is 82.2 Å². The summed E-state index contributed by atoms with van der Waals surface area (Å²) in [5.74, 6) is 0. The summed E-state index contributed by atoms with van der Waals surface area (Å²) in [6.07, 6.45) is 3.73. The molecule has 126 valence electrons. The second kappa shape index (κ2) is 5.39. The number of rotatable bonds is 1. The summed E-state index contributed by atoms with van der Waals surface area (Å²) in [6.45, 7) is 0. The Labute approximate surface area is 155 Å². The first-order valence-corrected chi connectivity index (χ1v) is 9.02. The van der Waals surface area contributed by atoms with E-state index in [1.54, 1.807) is 0 Å². The fourth-order valence-electron chi connectivity index (χ4n) is 4.06. The van der Waals surface area contributed by atoms with E-state index >= 15 is 0 Å². The van der Waals surface area contributed by atoms with Crippen LogP contribution in [0.1, 0.15) is 0 Å².